The molecular formula is C24H25F3N2O6. The molecule has 0 saturated carbocycles. The zero-order valence-electron chi connectivity index (χ0n) is 19.0. The van der Waals surface area contributed by atoms with Gasteiger partial charge in [0.2, 0.25) is 5.91 Å². The van der Waals surface area contributed by atoms with Crippen molar-refractivity contribution in [1.29, 1.82) is 0 Å². The number of benzene rings is 2. The Hall–Kier alpha value is -3.60. The van der Waals surface area contributed by atoms with Crippen LogP contribution in [0.2, 0.25) is 0 Å². The quantitative estimate of drug-likeness (QED) is 0.492. The van der Waals surface area contributed by atoms with Gasteiger partial charge < -0.3 is 25.2 Å². The second-order valence-corrected chi connectivity index (χ2v) is 8.09. The molecule has 35 heavy (non-hydrogen) atoms. The maximum atomic E-state index is 13.5. The fourth-order valence-corrected chi connectivity index (χ4v) is 3.96. The SMILES string of the molecule is CO[C@H](C)[C@H](NC(=O)CC(NC(=O)OCC1c2ccccc2-c2ccccc21)C(F)(F)F)C(=O)O. The highest BCUT2D eigenvalue weighted by molar-refractivity contribution is 5.84. The average Bonchev–Trinajstić information content (AvgIpc) is 3.13. The van der Waals surface area contributed by atoms with Crippen LogP contribution in [0.15, 0.2) is 48.5 Å². The smallest absolute Gasteiger partial charge is 0.409 e. The van der Waals surface area contributed by atoms with E-state index in [0.717, 1.165) is 22.3 Å². The number of halogens is 3. The van der Waals surface area contributed by atoms with Crippen molar-refractivity contribution in [3.05, 3.63) is 59.7 Å². The molecule has 0 fully saturated rings. The maximum Gasteiger partial charge on any atom is 0.409 e. The number of ether oxygens (including phenoxy) is 2. The number of hydrogen-bond donors (Lipinski definition) is 3. The number of carbonyl (C=O) groups excluding carboxylic acids is 2. The standard InChI is InChI=1S/C24H25F3N2O6/c1-13(34-2)21(22(31)32)29-20(30)11-19(24(25,26)27)28-23(33)35-12-18-16-9-5-3-7-14(16)15-8-4-6-10-17(15)18/h3-10,13,18-19,21H,11-12H2,1-2H3,(H,28,33)(H,29,30)(H,31,32)/t13-,19?,21+/m1/s1. The number of carbonyl (C=O) groups is 3. The average molecular weight is 494 g/mol. The largest absolute Gasteiger partial charge is 0.480 e. The molecule has 3 N–H and O–H groups in total. The topological polar surface area (TPSA) is 114 Å². The lowest BCUT2D eigenvalue weighted by Crippen LogP contribution is -2.52. The number of fused-ring (bicyclic) bond motifs is 3. The molecule has 0 bridgehead atoms. The first kappa shape index (κ1) is 26.0. The summed E-state index contributed by atoms with van der Waals surface area (Å²) in [7, 11) is 1.20. The van der Waals surface area contributed by atoms with E-state index in [0.29, 0.717) is 0 Å². The fraction of sp³-hybridized carbons (Fsp3) is 0.375. The third kappa shape index (κ3) is 6.10. The van der Waals surface area contributed by atoms with Gasteiger partial charge in [0.15, 0.2) is 6.04 Å². The van der Waals surface area contributed by atoms with E-state index in [4.69, 9.17) is 14.6 Å². The molecule has 1 aliphatic rings. The molecule has 3 atom stereocenters. The second-order valence-electron chi connectivity index (χ2n) is 8.09. The Kier molecular flexibility index (Phi) is 8.00. The Morgan fingerprint density at radius 2 is 1.54 bits per heavy atom. The maximum absolute atomic E-state index is 13.5. The first-order valence-electron chi connectivity index (χ1n) is 10.8. The van der Waals surface area contributed by atoms with Crippen molar-refractivity contribution in [2.45, 2.75) is 43.6 Å². The van der Waals surface area contributed by atoms with E-state index in [-0.39, 0.29) is 12.5 Å². The summed E-state index contributed by atoms with van der Waals surface area (Å²) < 4.78 is 50.5. The van der Waals surface area contributed by atoms with Gasteiger partial charge in [-0.2, -0.15) is 13.2 Å². The lowest BCUT2D eigenvalue weighted by atomic mass is 9.98. The van der Waals surface area contributed by atoms with Crippen LogP contribution in [0.5, 0.6) is 0 Å². The molecule has 11 heteroatoms. The van der Waals surface area contributed by atoms with Crippen LogP contribution >= 0.6 is 0 Å². The molecule has 0 heterocycles. The third-order valence-electron chi connectivity index (χ3n) is 5.84. The number of rotatable bonds is 9. The van der Waals surface area contributed by atoms with E-state index in [2.05, 4.69) is 0 Å². The van der Waals surface area contributed by atoms with Crippen molar-refractivity contribution in [2.75, 3.05) is 13.7 Å². The van der Waals surface area contributed by atoms with Gasteiger partial charge in [0.25, 0.3) is 0 Å². The van der Waals surface area contributed by atoms with Crippen LogP contribution in [0.3, 0.4) is 0 Å². The highest BCUT2D eigenvalue weighted by Crippen LogP contribution is 2.44. The Morgan fingerprint density at radius 3 is 2.03 bits per heavy atom. The van der Waals surface area contributed by atoms with Gasteiger partial charge in [0.05, 0.1) is 12.5 Å². The normalized spacial score (nSPS) is 15.3. The molecule has 2 aromatic carbocycles. The zero-order chi connectivity index (χ0) is 25.8. The summed E-state index contributed by atoms with van der Waals surface area (Å²) >= 11 is 0. The van der Waals surface area contributed by atoms with Crippen molar-refractivity contribution in [3.63, 3.8) is 0 Å². The molecular weight excluding hydrogens is 469 g/mol. The van der Waals surface area contributed by atoms with E-state index < -0.39 is 48.8 Å². The number of methoxy groups -OCH3 is 1. The molecule has 0 radical (unpaired) electrons. The fourth-order valence-electron chi connectivity index (χ4n) is 3.96. The van der Waals surface area contributed by atoms with Crippen molar-refractivity contribution in [1.82, 2.24) is 10.6 Å². The predicted molar refractivity (Wildman–Crippen MR) is 119 cm³/mol. The summed E-state index contributed by atoms with van der Waals surface area (Å²) in [6.07, 6.45) is -8.54. The number of alkyl halides is 3. The summed E-state index contributed by atoms with van der Waals surface area (Å²) in [6.45, 7) is 1.14. The van der Waals surface area contributed by atoms with Gasteiger partial charge in [-0.15, -0.1) is 0 Å². The van der Waals surface area contributed by atoms with Crippen molar-refractivity contribution in [2.24, 2.45) is 0 Å². The van der Waals surface area contributed by atoms with Gasteiger partial charge in [0.1, 0.15) is 12.6 Å². The van der Waals surface area contributed by atoms with Gasteiger partial charge >= 0.3 is 18.2 Å². The van der Waals surface area contributed by atoms with Crippen LogP contribution < -0.4 is 10.6 Å². The second kappa shape index (κ2) is 10.8. The number of amides is 2. The zero-order valence-corrected chi connectivity index (χ0v) is 19.0. The monoisotopic (exact) mass is 494 g/mol. The van der Waals surface area contributed by atoms with Gasteiger partial charge in [-0.1, -0.05) is 48.5 Å². The van der Waals surface area contributed by atoms with Crippen molar-refractivity contribution in [3.8, 4) is 11.1 Å². The number of aliphatic carboxylic acids is 1. The number of carboxylic acid groups (broad SMARTS) is 1. The van der Waals surface area contributed by atoms with E-state index in [1.54, 1.807) is 5.32 Å². The Morgan fingerprint density at radius 1 is 1.00 bits per heavy atom. The molecule has 188 valence electrons. The molecule has 1 unspecified atom stereocenters. The summed E-state index contributed by atoms with van der Waals surface area (Å²) in [6, 6.07) is 10.8. The summed E-state index contributed by atoms with van der Waals surface area (Å²) in [5.74, 6) is -3.05. The van der Waals surface area contributed by atoms with Gasteiger partial charge in [0, 0.05) is 13.0 Å². The van der Waals surface area contributed by atoms with Crippen LogP contribution in [0.4, 0.5) is 18.0 Å². The van der Waals surface area contributed by atoms with Crippen molar-refractivity contribution >= 4 is 18.0 Å². The number of carboxylic acids is 1. The minimum Gasteiger partial charge on any atom is -0.480 e. The molecule has 1 aliphatic carbocycles. The van der Waals surface area contributed by atoms with Gasteiger partial charge in [-0.05, 0) is 29.2 Å². The number of hydrogen-bond acceptors (Lipinski definition) is 5. The predicted octanol–water partition coefficient (Wildman–Crippen LogP) is 3.45. The molecule has 0 aromatic heterocycles. The molecule has 0 saturated heterocycles. The molecule has 0 spiro atoms. The number of nitrogens with one attached hydrogen (secondary N) is 2. The number of alkyl carbamates (subject to hydrolysis) is 1. The Balaban J connectivity index is 1.65. The molecule has 2 amide bonds. The first-order valence-corrected chi connectivity index (χ1v) is 10.8. The lowest BCUT2D eigenvalue weighted by molar-refractivity contribution is -0.161. The van der Waals surface area contributed by atoms with Gasteiger partial charge in [-0.3, -0.25) is 4.79 Å². The van der Waals surface area contributed by atoms with E-state index in [9.17, 15) is 27.6 Å². The first-order chi connectivity index (χ1) is 16.5. The van der Waals surface area contributed by atoms with Crippen LogP contribution in [0, 0.1) is 0 Å². The molecule has 2 aromatic rings. The molecule has 3 rings (SSSR count). The highest BCUT2D eigenvalue weighted by atomic mass is 19.4. The summed E-state index contributed by atoms with van der Waals surface area (Å²) in [5.41, 5.74) is 3.70. The minimum atomic E-state index is -4.98. The van der Waals surface area contributed by atoms with E-state index in [1.807, 2.05) is 53.8 Å². The van der Waals surface area contributed by atoms with Crippen molar-refractivity contribution < 1.29 is 42.1 Å². The van der Waals surface area contributed by atoms with Crippen LogP contribution in [0.1, 0.15) is 30.4 Å². The highest BCUT2D eigenvalue weighted by Gasteiger charge is 2.43. The molecule has 0 aliphatic heterocycles. The van der Waals surface area contributed by atoms with E-state index >= 15 is 0 Å². The van der Waals surface area contributed by atoms with Gasteiger partial charge in [-0.25, -0.2) is 9.59 Å². The molecule has 8 nitrogen and oxygen atoms in total. The lowest BCUT2D eigenvalue weighted by Gasteiger charge is -2.24. The summed E-state index contributed by atoms with van der Waals surface area (Å²) in [4.78, 5) is 35.7. The van der Waals surface area contributed by atoms with Crippen LogP contribution in [0.25, 0.3) is 11.1 Å². The van der Waals surface area contributed by atoms with Crippen LogP contribution in [-0.2, 0) is 19.1 Å². The third-order valence-corrected chi connectivity index (χ3v) is 5.84. The Bertz CT molecular complexity index is 1050. The van der Waals surface area contributed by atoms with Crippen LogP contribution in [-0.4, -0.2) is 61.2 Å². The minimum absolute atomic E-state index is 0.205. The summed E-state index contributed by atoms with van der Waals surface area (Å²) in [5, 5.41) is 12.8. The Labute approximate surface area is 199 Å². The van der Waals surface area contributed by atoms with E-state index in [1.165, 1.54) is 14.0 Å².